The van der Waals surface area contributed by atoms with Gasteiger partial charge in [-0.05, 0) is 12.8 Å². The number of carboxylic acid groups (broad SMARTS) is 2. The second-order valence-corrected chi connectivity index (χ2v) is 5.56. The van der Waals surface area contributed by atoms with E-state index in [2.05, 4.69) is 5.32 Å². The quantitative estimate of drug-likeness (QED) is 0.405. The van der Waals surface area contributed by atoms with Crippen LogP contribution in [-0.4, -0.2) is 56.4 Å². The predicted octanol–water partition coefficient (Wildman–Crippen LogP) is -1.48. The first kappa shape index (κ1) is 17.5. The van der Waals surface area contributed by atoms with Gasteiger partial charge in [0.2, 0.25) is 5.91 Å². The van der Waals surface area contributed by atoms with E-state index in [-0.39, 0.29) is 25.0 Å². The van der Waals surface area contributed by atoms with Crippen LogP contribution >= 0.6 is 0 Å². The van der Waals surface area contributed by atoms with E-state index in [4.69, 9.17) is 15.9 Å². The standard InChI is InChI=1S/C10H18N2O6S/c1-19(18)5-4-7(10(16)17)12-8(13)3-2-6(11)9(14)15/h6-7H,2-5,11H2,1H3,(H,12,13)(H,14,15)(H,16,17)/t6-,7-,19?/m0/s1. The molecule has 0 aliphatic carbocycles. The van der Waals surface area contributed by atoms with Gasteiger partial charge < -0.3 is 21.3 Å². The number of carbonyl (C=O) groups excluding carboxylic acids is 1. The number of aliphatic carboxylic acids is 2. The third kappa shape index (κ3) is 8.27. The van der Waals surface area contributed by atoms with Crippen molar-refractivity contribution in [2.45, 2.75) is 31.3 Å². The molecule has 3 atom stereocenters. The van der Waals surface area contributed by atoms with Crippen LogP contribution in [0.15, 0.2) is 0 Å². The molecule has 0 aromatic heterocycles. The molecular weight excluding hydrogens is 276 g/mol. The zero-order valence-electron chi connectivity index (χ0n) is 10.5. The first-order valence-electron chi connectivity index (χ1n) is 5.54. The highest BCUT2D eigenvalue weighted by molar-refractivity contribution is 7.84. The minimum atomic E-state index is -1.22. The monoisotopic (exact) mass is 294 g/mol. The van der Waals surface area contributed by atoms with Crippen LogP contribution in [0, 0.1) is 0 Å². The molecule has 9 heteroatoms. The molecule has 0 rings (SSSR count). The highest BCUT2D eigenvalue weighted by Gasteiger charge is 2.21. The fourth-order valence-corrected chi connectivity index (χ4v) is 1.79. The molecule has 5 N–H and O–H groups in total. The summed E-state index contributed by atoms with van der Waals surface area (Å²) in [6.07, 6.45) is 1.24. The summed E-state index contributed by atoms with van der Waals surface area (Å²) in [4.78, 5) is 32.7. The molecule has 0 fully saturated rings. The molecule has 0 aromatic rings. The Morgan fingerprint density at radius 1 is 1.21 bits per heavy atom. The fraction of sp³-hybridized carbons (Fsp3) is 0.700. The molecule has 0 saturated carbocycles. The predicted molar refractivity (Wildman–Crippen MR) is 68.0 cm³/mol. The van der Waals surface area contributed by atoms with E-state index in [1.54, 1.807) is 0 Å². The van der Waals surface area contributed by atoms with Gasteiger partial charge in [-0.2, -0.15) is 0 Å². The summed E-state index contributed by atoms with van der Waals surface area (Å²) >= 11 is 0. The topological polar surface area (TPSA) is 147 Å². The Balaban J connectivity index is 4.20. The van der Waals surface area contributed by atoms with Gasteiger partial charge in [0, 0.05) is 29.2 Å². The molecule has 0 aliphatic rings. The Morgan fingerprint density at radius 2 is 1.79 bits per heavy atom. The number of rotatable bonds is 9. The largest absolute Gasteiger partial charge is 0.480 e. The van der Waals surface area contributed by atoms with Crippen molar-refractivity contribution in [3.63, 3.8) is 0 Å². The molecule has 0 saturated heterocycles. The lowest BCUT2D eigenvalue weighted by atomic mass is 10.1. The molecule has 8 nitrogen and oxygen atoms in total. The van der Waals surface area contributed by atoms with Gasteiger partial charge in [0.05, 0.1) is 0 Å². The third-order valence-electron chi connectivity index (χ3n) is 2.33. The number of hydrogen-bond acceptors (Lipinski definition) is 5. The third-order valence-corrected chi connectivity index (χ3v) is 3.14. The summed E-state index contributed by atoms with van der Waals surface area (Å²) in [5.41, 5.74) is 5.22. The van der Waals surface area contributed by atoms with Crippen molar-refractivity contribution in [3.8, 4) is 0 Å². The lowest BCUT2D eigenvalue weighted by molar-refractivity contribution is -0.142. The average Bonchev–Trinajstić information content (AvgIpc) is 2.30. The van der Waals surface area contributed by atoms with Crippen molar-refractivity contribution in [1.29, 1.82) is 0 Å². The number of hydrogen-bond donors (Lipinski definition) is 4. The molecule has 1 amide bonds. The number of nitrogens with one attached hydrogen (secondary N) is 1. The fourth-order valence-electron chi connectivity index (χ4n) is 1.22. The lowest BCUT2D eigenvalue weighted by Crippen LogP contribution is -2.42. The van der Waals surface area contributed by atoms with Crippen molar-refractivity contribution in [2.24, 2.45) is 5.73 Å². The maximum Gasteiger partial charge on any atom is 0.326 e. The van der Waals surface area contributed by atoms with Gasteiger partial charge in [-0.25, -0.2) is 4.79 Å². The zero-order valence-corrected chi connectivity index (χ0v) is 11.3. The zero-order chi connectivity index (χ0) is 15.0. The number of nitrogens with two attached hydrogens (primary N) is 1. The average molecular weight is 294 g/mol. The number of amides is 1. The van der Waals surface area contributed by atoms with Crippen LogP contribution in [0.2, 0.25) is 0 Å². The van der Waals surface area contributed by atoms with Crippen LogP contribution in [0.5, 0.6) is 0 Å². The summed E-state index contributed by atoms with van der Waals surface area (Å²) in [6, 6.07) is -2.28. The van der Waals surface area contributed by atoms with Crippen LogP contribution in [-0.2, 0) is 25.2 Å². The highest BCUT2D eigenvalue weighted by Crippen LogP contribution is 1.99. The summed E-state index contributed by atoms with van der Waals surface area (Å²) in [5.74, 6) is -2.87. The van der Waals surface area contributed by atoms with Gasteiger partial charge in [0.15, 0.2) is 0 Å². The summed E-state index contributed by atoms with van der Waals surface area (Å²) in [6.45, 7) is 0. The van der Waals surface area contributed by atoms with Crippen LogP contribution in [0.4, 0.5) is 0 Å². The van der Waals surface area contributed by atoms with E-state index in [9.17, 15) is 18.6 Å². The molecule has 19 heavy (non-hydrogen) atoms. The number of carboxylic acids is 2. The van der Waals surface area contributed by atoms with Crippen LogP contribution < -0.4 is 11.1 Å². The second kappa shape index (κ2) is 8.59. The molecule has 0 aromatic carbocycles. The minimum absolute atomic E-state index is 0.0508. The molecule has 0 heterocycles. The van der Waals surface area contributed by atoms with Crippen molar-refractivity contribution in [1.82, 2.24) is 5.32 Å². The Bertz CT molecular complexity index is 373. The normalized spacial score (nSPS) is 15.3. The van der Waals surface area contributed by atoms with Crippen LogP contribution in [0.1, 0.15) is 19.3 Å². The SMILES string of the molecule is CS(=O)CC[C@H](NC(=O)CC[C@H](N)C(=O)O)C(=O)O. The van der Waals surface area contributed by atoms with E-state index < -0.39 is 40.7 Å². The first-order chi connectivity index (χ1) is 8.73. The minimum Gasteiger partial charge on any atom is -0.480 e. The lowest BCUT2D eigenvalue weighted by Gasteiger charge is -2.14. The Kier molecular flexibility index (Phi) is 7.92. The van der Waals surface area contributed by atoms with Crippen LogP contribution in [0.3, 0.4) is 0 Å². The van der Waals surface area contributed by atoms with E-state index in [1.165, 1.54) is 6.26 Å². The van der Waals surface area contributed by atoms with Crippen molar-refractivity contribution < 1.29 is 28.8 Å². The van der Waals surface area contributed by atoms with E-state index in [1.807, 2.05) is 0 Å². The number of carbonyl (C=O) groups is 3. The van der Waals surface area contributed by atoms with Crippen molar-refractivity contribution in [3.05, 3.63) is 0 Å². The van der Waals surface area contributed by atoms with Crippen LogP contribution in [0.25, 0.3) is 0 Å². The van der Waals surface area contributed by atoms with Crippen molar-refractivity contribution >= 4 is 28.6 Å². The Labute approximate surface area is 112 Å². The molecular formula is C10H18N2O6S. The Morgan fingerprint density at radius 3 is 2.21 bits per heavy atom. The van der Waals surface area contributed by atoms with Gasteiger partial charge in [0.1, 0.15) is 12.1 Å². The molecule has 1 unspecified atom stereocenters. The summed E-state index contributed by atoms with van der Waals surface area (Å²) in [7, 11) is -1.15. The molecule has 0 radical (unpaired) electrons. The van der Waals surface area contributed by atoms with E-state index >= 15 is 0 Å². The van der Waals surface area contributed by atoms with Crippen molar-refractivity contribution in [2.75, 3.05) is 12.0 Å². The molecule has 0 bridgehead atoms. The van der Waals surface area contributed by atoms with Gasteiger partial charge in [0.25, 0.3) is 0 Å². The van der Waals surface area contributed by atoms with E-state index in [0.717, 1.165) is 0 Å². The summed E-state index contributed by atoms with van der Waals surface area (Å²) < 4.78 is 10.9. The van der Waals surface area contributed by atoms with Gasteiger partial charge in [-0.3, -0.25) is 13.8 Å². The summed E-state index contributed by atoms with van der Waals surface area (Å²) in [5, 5.41) is 19.6. The second-order valence-electron chi connectivity index (χ2n) is 4.01. The molecule has 110 valence electrons. The highest BCUT2D eigenvalue weighted by atomic mass is 32.2. The maximum absolute atomic E-state index is 11.4. The Hall–Kier alpha value is -1.48. The smallest absolute Gasteiger partial charge is 0.326 e. The molecule has 0 aliphatic heterocycles. The molecule has 0 spiro atoms. The first-order valence-corrected chi connectivity index (χ1v) is 7.27. The van der Waals surface area contributed by atoms with Gasteiger partial charge in [-0.1, -0.05) is 0 Å². The van der Waals surface area contributed by atoms with E-state index in [0.29, 0.717) is 0 Å². The van der Waals surface area contributed by atoms with Gasteiger partial charge in [-0.15, -0.1) is 0 Å². The maximum atomic E-state index is 11.4. The van der Waals surface area contributed by atoms with Gasteiger partial charge >= 0.3 is 11.9 Å².